The van der Waals surface area contributed by atoms with Crippen molar-refractivity contribution < 1.29 is 4.79 Å². The van der Waals surface area contributed by atoms with Crippen LogP contribution in [0.15, 0.2) is 24.4 Å². The molecule has 0 unspecified atom stereocenters. The maximum absolute atomic E-state index is 12.6. The second-order valence-electron chi connectivity index (χ2n) is 6.88. The Balaban J connectivity index is 1.30. The Labute approximate surface area is 147 Å². The Morgan fingerprint density at radius 1 is 1.16 bits per heavy atom. The van der Waals surface area contributed by atoms with Gasteiger partial charge in [0.1, 0.15) is 5.82 Å². The summed E-state index contributed by atoms with van der Waals surface area (Å²) in [6, 6.07) is 6.52. The van der Waals surface area contributed by atoms with Crippen molar-refractivity contribution in [3.63, 3.8) is 0 Å². The molecule has 1 N–H and O–H groups in total. The number of amides is 1. The predicted octanol–water partition coefficient (Wildman–Crippen LogP) is 1.07. The molecule has 2 aromatic rings. The zero-order valence-electron chi connectivity index (χ0n) is 14.8. The molecule has 4 heterocycles. The van der Waals surface area contributed by atoms with Crippen LogP contribution in [0.25, 0.3) is 0 Å². The summed E-state index contributed by atoms with van der Waals surface area (Å²) >= 11 is 0. The van der Waals surface area contributed by atoms with Gasteiger partial charge in [-0.1, -0.05) is 6.07 Å². The van der Waals surface area contributed by atoms with E-state index in [1.807, 2.05) is 37.1 Å². The molecule has 0 aromatic carbocycles. The fourth-order valence-electron chi connectivity index (χ4n) is 3.73. The average Bonchev–Trinajstić information content (AvgIpc) is 2.93. The Hall–Kier alpha value is -2.41. The third-order valence-corrected chi connectivity index (χ3v) is 5.30. The van der Waals surface area contributed by atoms with Gasteiger partial charge in [0.2, 0.25) is 0 Å². The number of anilines is 1. The minimum Gasteiger partial charge on any atom is -0.354 e. The lowest BCUT2D eigenvalue weighted by atomic mass is 10.0. The number of rotatable bonds is 3. The van der Waals surface area contributed by atoms with Gasteiger partial charge in [0.15, 0.2) is 0 Å². The first-order valence-corrected chi connectivity index (χ1v) is 8.84. The van der Waals surface area contributed by atoms with Crippen molar-refractivity contribution >= 4 is 11.7 Å². The lowest BCUT2D eigenvalue weighted by molar-refractivity contribution is 0.0245. The molecule has 2 saturated heterocycles. The molecule has 0 aliphatic carbocycles. The largest absolute Gasteiger partial charge is 0.354 e. The highest BCUT2D eigenvalue weighted by Gasteiger charge is 2.37. The standard InChI is InChI=1S/C18H24N6O/c1-13-17(14(2)21-20-13)18(25)24-11-15(12-24)22-7-9-23(10-8-22)16-5-3-4-6-19-16/h3-6,15H,7-12H2,1-2H3,(H,20,21). The van der Waals surface area contributed by atoms with Crippen molar-refractivity contribution in [3.05, 3.63) is 41.3 Å². The second-order valence-corrected chi connectivity index (χ2v) is 6.88. The molecule has 2 fully saturated rings. The Morgan fingerprint density at radius 3 is 2.52 bits per heavy atom. The first-order chi connectivity index (χ1) is 12.1. The number of pyridine rings is 1. The number of hydrogen-bond donors (Lipinski definition) is 1. The molecular weight excluding hydrogens is 316 g/mol. The van der Waals surface area contributed by atoms with E-state index in [2.05, 4.69) is 31.0 Å². The molecule has 0 atom stereocenters. The minimum absolute atomic E-state index is 0.104. The summed E-state index contributed by atoms with van der Waals surface area (Å²) in [5.74, 6) is 1.16. The van der Waals surface area contributed by atoms with Gasteiger partial charge >= 0.3 is 0 Å². The molecule has 0 radical (unpaired) electrons. The highest BCUT2D eigenvalue weighted by molar-refractivity contribution is 5.96. The van der Waals surface area contributed by atoms with Crippen molar-refractivity contribution in [1.29, 1.82) is 0 Å². The number of hydrogen-bond acceptors (Lipinski definition) is 5. The summed E-state index contributed by atoms with van der Waals surface area (Å²) in [5, 5.41) is 7.03. The Bertz CT molecular complexity index is 725. The number of aromatic amines is 1. The average molecular weight is 340 g/mol. The molecule has 2 aliphatic heterocycles. The van der Waals surface area contributed by atoms with Crippen LogP contribution in [-0.2, 0) is 0 Å². The van der Waals surface area contributed by atoms with Crippen LogP contribution >= 0.6 is 0 Å². The van der Waals surface area contributed by atoms with E-state index >= 15 is 0 Å². The smallest absolute Gasteiger partial charge is 0.257 e. The fraction of sp³-hybridized carbons (Fsp3) is 0.500. The Morgan fingerprint density at radius 2 is 1.92 bits per heavy atom. The number of nitrogens with one attached hydrogen (secondary N) is 1. The summed E-state index contributed by atoms with van der Waals surface area (Å²) in [7, 11) is 0. The molecule has 0 saturated carbocycles. The lowest BCUT2D eigenvalue weighted by Crippen LogP contribution is -2.64. The number of aryl methyl sites for hydroxylation is 2. The van der Waals surface area contributed by atoms with Gasteiger partial charge in [-0.15, -0.1) is 0 Å². The zero-order valence-corrected chi connectivity index (χ0v) is 14.8. The van der Waals surface area contributed by atoms with Gasteiger partial charge in [0.05, 0.1) is 11.3 Å². The van der Waals surface area contributed by atoms with E-state index in [0.29, 0.717) is 6.04 Å². The maximum atomic E-state index is 12.6. The van der Waals surface area contributed by atoms with Crippen LogP contribution in [0.3, 0.4) is 0 Å². The second kappa shape index (κ2) is 6.48. The van der Waals surface area contributed by atoms with E-state index < -0.39 is 0 Å². The van der Waals surface area contributed by atoms with Crippen LogP contribution in [0.5, 0.6) is 0 Å². The first kappa shape index (κ1) is 16.1. The maximum Gasteiger partial charge on any atom is 0.257 e. The molecule has 1 amide bonds. The van der Waals surface area contributed by atoms with E-state index in [1.54, 1.807) is 0 Å². The molecule has 132 valence electrons. The third-order valence-electron chi connectivity index (χ3n) is 5.30. The molecule has 7 nitrogen and oxygen atoms in total. The topological polar surface area (TPSA) is 68.4 Å². The van der Waals surface area contributed by atoms with Crippen LogP contribution in [-0.4, -0.2) is 76.2 Å². The molecule has 2 aliphatic rings. The quantitative estimate of drug-likeness (QED) is 0.905. The van der Waals surface area contributed by atoms with Crippen LogP contribution in [0, 0.1) is 13.8 Å². The molecule has 25 heavy (non-hydrogen) atoms. The number of aromatic nitrogens is 3. The monoisotopic (exact) mass is 340 g/mol. The van der Waals surface area contributed by atoms with E-state index in [1.165, 1.54) is 0 Å². The van der Waals surface area contributed by atoms with Gasteiger partial charge in [0, 0.05) is 57.2 Å². The van der Waals surface area contributed by atoms with Crippen molar-refractivity contribution in [1.82, 2.24) is 25.0 Å². The van der Waals surface area contributed by atoms with Crippen molar-refractivity contribution in [3.8, 4) is 0 Å². The summed E-state index contributed by atoms with van der Waals surface area (Å²) in [5.41, 5.74) is 2.38. The van der Waals surface area contributed by atoms with Gasteiger partial charge in [-0.3, -0.25) is 14.8 Å². The zero-order chi connectivity index (χ0) is 17.4. The molecule has 0 bridgehead atoms. The van der Waals surface area contributed by atoms with Crippen LogP contribution in [0.1, 0.15) is 21.7 Å². The minimum atomic E-state index is 0.104. The van der Waals surface area contributed by atoms with Crippen molar-refractivity contribution in [2.24, 2.45) is 0 Å². The van der Waals surface area contributed by atoms with Gasteiger partial charge in [-0.05, 0) is 26.0 Å². The Kier molecular flexibility index (Phi) is 4.17. The number of likely N-dealkylation sites (tertiary alicyclic amines) is 1. The van der Waals surface area contributed by atoms with Crippen LogP contribution < -0.4 is 4.90 Å². The molecular formula is C18H24N6O. The number of nitrogens with zero attached hydrogens (tertiary/aromatic N) is 5. The number of piperazine rings is 1. The number of H-pyrrole nitrogens is 1. The normalized spacial score (nSPS) is 19.1. The van der Waals surface area contributed by atoms with Gasteiger partial charge in [-0.2, -0.15) is 5.10 Å². The summed E-state index contributed by atoms with van der Waals surface area (Å²) in [4.78, 5) is 23.8. The van der Waals surface area contributed by atoms with E-state index in [-0.39, 0.29) is 5.91 Å². The number of carbonyl (C=O) groups excluding carboxylic acids is 1. The number of carbonyl (C=O) groups is 1. The molecule has 4 rings (SSSR count). The van der Waals surface area contributed by atoms with Gasteiger partial charge < -0.3 is 9.80 Å². The fourth-order valence-corrected chi connectivity index (χ4v) is 3.73. The molecule has 7 heteroatoms. The summed E-state index contributed by atoms with van der Waals surface area (Å²) < 4.78 is 0. The lowest BCUT2D eigenvalue weighted by Gasteiger charge is -2.48. The van der Waals surface area contributed by atoms with E-state index in [9.17, 15) is 4.79 Å². The van der Waals surface area contributed by atoms with Crippen LogP contribution in [0.4, 0.5) is 5.82 Å². The van der Waals surface area contributed by atoms with E-state index in [0.717, 1.165) is 62.0 Å². The molecule has 2 aromatic heterocycles. The third kappa shape index (κ3) is 3.00. The van der Waals surface area contributed by atoms with Gasteiger partial charge in [-0.25, -0.2) is 4.98 Å². The van der Waals surface area contributed by atoms with E-state index in [4.69, 9.17) is 0 Å². The first-order valence-electron chi connectivity index (χ1n) is 8.84. The highest BCUT2D eigenvalue weighted by Crippen LogP contribution is 2.22. The summed E-state index contributed by atoms with van der Waals surface area (Å²) in [6.45, 7) is 9.42. The van der Waals surface area contributed by atoms with Gasteiger partial charge in [0.25, 0.3) is 5.91 Å². The predicted molar refractivity (Wildman–Crippen MR) is 95.8 cm³/mol. The highest BCUT2D eigenvalue weighted by atomic mass is 16.2. The SMILES string of the molecule is Cc1n[nH]c(C)c1C(=O)N1CC(N2CCN(c3ccccn3)CC2)C1. The summed E-state index contributed by atoms with van der Waals surface area (Å²) in [6.07, 6.45) is 1.84. The van der Waals surface area contributed by atoms with Crippen molar-refractivity contribution in [2.75, 3.05) is 44.2 Å². The van der Waals surface area contributed by atoms with Crippen molar-refractivity contribution in [2.45, 2.75) is 19.9 Å². The van der Waals surface area contributed by atoms with Crippen LogP contribution in [0.2, 0.25) is 0 Å². The molecule has 0 spiro atoms.